The van der Waals surface area contributed by atoms with Crippen LogP contribution in [0.5, 0.6) is 0 Å². The summed E-state index contributed by atoms with van der Waals surface area (Å²) in [5, 5.41) is 7.30. The molecule has 1 heterocycles. The molecule has 16 heavy (non-hydrogen) atoms. The van der Waals surface area contributed by atoms with Crippen molar-refractivity contribution in [3.8, 4) is 0 Å². The number of carbonyl (C=O) groups excluding carboxylic acids is 1. The summed E-state index contributed by atoms with van der Waals surface area (Å²) in [6, 6.07) is 0. The summed E-state index contributed by atoms with van der Waals surface area (Å²) >= 11 is 0. The van der Waals surface area contributed by atoms with Crippen LogP contribution in [0, 0.1) is 11.8 Å². The molecule has 0 radical (unpaired) electrons. The quantitative estimate of drug-likeness (QED) is 0.708. The number of carbonyl (C=O) groups is 1. The van der Waals surface area contributed by atoms with Gasteiger partial charge in [0.2, 0.25) is 10.0 Å². The van der Waals surface area contributed by atoms with Gasteiger partial charge in [-0.1, -0.05) is 6.42 Å². The van der Waals surface area contributed by atoms with Gasteiger partial charge in [-0.15, -0.1) is 0 Å². The first kappa shape index (κ1) is 12.0. The fraction of sp³-hybridized carbons (Fsp3) is 0.900. The largest absolute Gasteiger partial charge is 0.316 e. The van der Waals surface area contributed by atoms with Crippen molar-refractivity contribution in [2.24, 2.45) is 17.0 Å². The van der Waals surface area contributed by atoms with E-state index in [2.05, 4.69) is 5.32 Å². The van der Waals surface area contributed by atoms with Gasteiger partial charge in [-0.25, -0.2) is 13.6 Å². The van der Waals surface area contributed by atoms with Gasteiger partial charge in [-0.2, -0.15) is 0 Å². The van der Waals surface area contributed by atoms with Crippen LogP contribution in [0.1, 0.15) is 25.7 Å². The van der Waals surface area contributed by atoms with Crippen molar-refractivity contribution in [3.63, 3.8) is 0 Å². The van der Waals surface area contributed by atoms with E-state index in [-0.39, 0.29) is 17.6 Å². The zero-order chi connectivity index (χ0) is 11.8. The highest BCUT2D eigenvalue weighted by Crippen LogP contribution is 2.32. The number of ketones is 1. The van der Waals surface area contributed by atoms with Crippen LogP contribution in [0.25, 0.3) is 0 Å². The third kappa shape index (κ3) is 2.28. The molecule has 0 spiro atoms. The highest BCUT2D eigenvalue weighted by Gasteiger charge is 2.42. The van der Waals surface area contributed by atoms with E-state index in [0.29, 0.717) is 6.54 Å². The van der Waals surface area contributed by atoms with Crippen molar-refractivity contribution in [1.29, 1.82) is 0 Å². The minimum Gasteiger partial charge on any atom is -0.316 e. The molecule has 3 N–H and O–H groups in total. The van der Waals surface area contributed by atoms with Crippen molar-refractivity contribution in [3.05, 3.63) is 0 Å². The van der Waals surface area contributed by atoms with Crippen LogP contribution in [-0.4, -0.2) is 32.5 Å². The van der Waals surface area contributed by atoms with E-state index in [9.17, 15) is 13.2 Å². The number of rotatable bonds is 4. The first-order chi connectivity index (χ1) is 7.50. The summed E-state index contributed by atoms with van der Waals surface area (Å²) in [4.78, 5) is 12.1. The second kappa shape index (κ2) is 4.43. The second-order valence-corrected chi connectivity index (χ2v) is 6.48. The molecule has 0 amide bonds. The van der Waals surface area contributed by atoms with Gasteiger partial charge in [0, 0.05) is 5.92 Å². The van der Waals surface area contributed by atoms with Crippen LogP contribution in [0.2, 0.25) is 0 Å². The van der Waals surface area contributed by atoms with Crippen molar-refractivity contribution < 1.29 is 13.2 Å². The first-order valence-electron chi connectivity index (χ1n) is 5.76. The standard InChI is InChI=1S/C10H18N2O3S/c11-16(14,15)10(8-4-5-12-6-8)9(13)7-2-1-3-7/h7-8,10,12H,1-6H2,(H2,11,14,15). The van der Waals surface area contributed by atoms with E-state index in [4.69, 9.17) is 5.14 Å². The monoisotopic (exact) mass is 246 g/mol. The Labute approximate surface area is 95.8 Å². The lowest BCUT2D eigenvalue weighted by molar-refractivity contribution is -0.125. The van der Waals surface area contributed by atoms with Crippen LogP contribution in [0.3, 0.4) is 0 Å². The Hall–Kier alpha value is -0.460. The molecule has 2 atom stereocenters. The first-order valence-corrected chi connectivity index (χ1v) is 7.37. The molecule has 2 aliphatic rings. The molecule has 0 aromatic rings. The SMILES string of the molecule is NS(=O)(=O)C(C(=O)C1CCC1)C1CCNC1. The van der Waals surface area contributed by atoms with Gasteiger partial charge in [0.25, 0.3) is 0 Å². The average molecular weight is 246 g/mol. The van der Waals surface area contributed by atoms with Crippen LogP contribution in [0.15, 0.2) is 0 Å². The second-order valence-electron chi connectivity index (χ2n) is 4.79. The topological polar surface area (TPSA) is 89.3 Å². The number of hydrogen-bond acceptors (Lipinski definition) is 4. The maximum atomic E-state index is 12.1. The minimum atomic E-state index is -3.76. The van der Waals surface area contributed by atoms with E-state index < -0.39 is 15.3 Å². The van der Waals surface area contributed by atoms with E-state index >= 15 is 0 Å². The van der Waals surface area contributed by atoms with E-state index in [1.165, 1.54) is 0 Å². The van der Waals surface area contributed by atoms with Crippen molar-refractivity contribution in [1.82, 2.24) is 5.32 Å². The lowest BCUT2D eigenvalue weighted by Crippen LogP contribution is -2.46. The third-order valence-corrected chi connectivity index (χ3v) is 4.99. The van der Waals surface area contributed by atoms with Gasteiger partial charge in [-0.05, 0) is 38.3 Å². The molecule has 1 aliphatic heterocycles. The highest BCUT2D eigenvalue weighted by atomic mass is 32.2. The Kier molecular flexibility index (Phi) is 3.32. The highest BCUT2D eigenvalue weighted by molar-refractivity contribution is 7.90. The fourth-order valence-corrected chi connectivity index (χ4v) is 3.81. The van der Waals surface area contributed by atoms with Crippen LogP contribution < -0.4 is 10.5 Å². The maximum Gasteiger partial charge on any atom is 0.219 e. The molecule has 5 nitrogen and oxygen atoms in total. The molecule has 2 rings (SSSR count). The minimum absolute atomic E-state index is 0.0658. The number of nitrogens with one attached hydrogen (secondary N) is 1. The number of Topliss-reactive ketones (excluding diaryl/α,β-unsaturated/α-hetero) is 1. The van der Waals surface area contributed by atoms with E-state index in [1.807, 2.05) is 0 Å². The maximum absolute atomic E-state index is 12.1. The number of hydrogen-bond donors (Lipinski definition) is 2. The molecular weight excluding hydrogens is 228 g/mol. The van der Waals surface area contributed by atoms with Crippen molar-refractivity contribution >= 4 is 15.8 Å². The lowest BCUT2D eigenvalue weighted by Gasteiger charge is -2.29. The summed E-state index contributed by atoms with van der Waals surface area (Å²) in [6.07, 6.45) is 3.40. The predicted molar refractivity (Wildman–Crippen MR) is 60.2 cm³/mol. The number of sulfonamides is 1. The molecule has 1 saturated heterocycles. The molecule has 2 fully saturated rings. The molecule has 92 valence electrons. The Morgan fingerprint density at radius 2 is 2.00 bits per heavy atom. The summed E-state index contributed by atoms with van der Waals surface area (Å²) < 4.78 is 23.1. The van der Waals surface area contributed by atoms with Gasteiger partial charge in [-0.3, -0.25) is 4.79 Å². The number of primary sulfonamides is 1. The van der Waals surface area contributed by atoms with Gasteiger partial charge in [0.15, 0.2) is 5.78 Å². The lowest BCUT2D eigenvalue weighted by atomic mass is 9.79. The molecule has 0 aromatic heterocycles. The predicted octanol–water partition coefficient (Wildman–Crippen LogP) is -0.378. The molecule has 1 saturated carbocycles. The fourth-order valence-electron chi connectivity index (χ4n) is 2.52. The third-order valence-electron chi connectivity index (χ3n) is 3.67. The normalized spacial score (nSPS) is 28.7. The summed E-state index contributed by atoms with van der Waals surface area (Å²) in [5.74, 6) is -0.352. The Balaban J connectivity index is 2.16. The van der Waals surface area contributed by atoms with Gasteiger partial charge < -0.3 is 5.32 Å². The molecule has 0 aromatic carbocycles. The van der Waals surface area contributed by atoms with Crippen molar-refractivity contribution in [2.45, 2.75) is 30.9 Å². The smallest absolute Gasteiger partial charge is 0.219 e. The summed E-state index contributed by atoms with van der Waals surface area (Å²) in [7, 11) is -3.76. The zero-order valence-electron chi connectivity index (χ0n) is 9.19. The summed E-state index contributed by atoms with van der Waals surface area (Å²) in [5.41, 5.74) is 0. The molecule has 0 bridgehead atoms. The van der Waals surface area contributed by atoms with Crippen molar-refractivity contribution in [2.75, 3.05) is 13.1 Å². The zero-order valence-corrected chi connectivity index (χ0v) is 10.0. The number of nitrogens with two attached hydrogens (primary N) is 1. The molecule has 1 aliphatic carbocycles. The Bertz CT molecular complexity index is 370. The molecular formula is C10H18N2O3S. The van der Waals surface area contributed by atoms with Crippen LogP contribution in [0.4, 0.5) is 0 Å². The van der Waals surface area contributed by atoms with Gasteiger partial charge >= 0.3 is 0 Å². The van der Waals surface area contributed by atoms with Gasteiger partial charge in [0.1, 0.15) is 5.25 Å². The van der Waals surface area contributed by atoms with E-state index in [0.717, 1.165) is 32.2 Å². The summed E-state index contributed by atoms with van der Waals surface area (Å²) in [6.45, 7) is 1.36. The van der Waals surface area contributed by atoms with Crippen LogP contribution >= 0.6 is 0 Å². The van der Waals surface area contributed by atoms with E-state index in [1.54, 1.807) is 0 Å². The van der Waals surface area contributed by atoms with Crippen LogP contribution in [-0.2, 0) is 14.8 Å². The molecule has 6 heteroatoms. The Morgan fingerprint density at radius 1 is 1.31 bits per heavy atom. The Morgan fingerprint density at radius 3 is 2.38 bits per heavy atom. The van der Waals surface area contributed by atoms with Gasteiger partial charge in [0.05, 0.1) is 0 Å². The molecule has 2 unspecified atom stereocenters. The average Bonchev–Trinajstić information content (AvgIpc) is 2.50.